The van der Waals surface area contributed by atoms with E-state index in [0.717, 1.165) is 22.7 Å². The molecule has 4 rings (SSSR count). The van der Waals surface area contributed by atoms with Crippen LogP contribution in [0.15, 0.2) is 61.1 Å². The Labute approximate surface area is 209 Å². The maximum Gasteiger partial charge on any atom is 0.260 e. The van der Waals surface area contributed by atoms with E-state index in [4.69, 9.17) is 14.6 Å². The molecular weight excluding hydrogens is 458 g/mol. The molecule has 1 atom stereocenters. The van der Waals surface area contributed by atoms with Crippen molar-refractivity contribution in [2.75, 3.05) is 18.5 Å². The first kappa shape index (κ1) is 24.9. The van der Waals surface area contributed by atoms with Crippen LogP contribution in [0.25, 0.3) is 10.9 Å². The number of fused-ring (bicyclic) bond motifs is 1. The minimum absolute atomic E-state index is 0.0148. The quantitative estimate of drug-likeness (QED) is 0.281. The molecule has 4 aromatic rings. The predicted molar refractivity (Wildman–Crippen MR) is 138 cm³/mol. The molecule has 0 aliphatic carbocycles. The van der Waals surface area contributed by atoms with Gasteiger partial charge in [-0.1, -0.05) is 6.07 Å². The molecule has 0 saturated carbocycles. The summed E-state index contributed by atoms with van der Waals surface area (Å²) in [6, 6.07) is 15.0. The van der Waals surface area contributed by atoms with E-state index in [-0.39, 0.29) is 12.5 Å². The summed E-state index contributed by atoms with van der Waals surface area (Å²) in [7, 11) is 0. The van der Waals surface area contributed by atoms with Crippen LogP contribution in [0.1, 0.15) is 24.6 Å². The molecule has 2 heterocycles. The maximum absolute atomic E-state index is 12.4. The van der Waals surface area contributed by atoms with Crippen LogP contribution in [0, 0.1) is 13.8 Å². The van der Waals surface area contributed by atoms with E-state index in [9.17, 15) is 4.79 Å². The van der Waals surface area contributed by atoms with Crippen molar-refractivity contribution < 1.29 is 19.4 Å². The smallest absolute Gasteiger partial charge is 0.260 e. The van der Waals surface area contributed by atoms with Crippen LogP contribution in [0.5, 0.6) is 17.2 Å². The Kier molecular flexibility index (Phi) is 7.92. The average Bonchev–Trinajstić information content (AvgIpc) is 2.87. The number of hydrogen-bond acceptors (Lipinski definition) is 8. The third-order valence-corrected chi connectivity index (χ3v) is 5.48. The SMILES string of the molecule is Cc1ccc(Oc2ccc(Nc3ncnc4cccc(O[C@H](C)C(=O)NCCCO)c34)cc2C)cn1. The molecule has 0 aliphatic heterocycles. The second-order valence-corrected chi connectivity index (χ2v) is 8.34. The van der Waals surface area contributed by atoms with Gasteiger partial charge < -0.3 is 25.2 Å². The van der Waals surface area contributed by atoms with Crippen LogP contribution in [0.2, 0.25) is 0 Å². The van der Waals surface area contributed by atoms with Gasteiger partial charge in [0.2, 0.25) is 0 Å². The second-order valence-electron chi connectivity index (χ2n) is 8.34. The Morgan fingerprint density at radius 1 is 1.06 bits per heavy atom. The van der Waals surface area contributed by atoms with Crippen molar-refractivity contribution in [3.8, 4) is 17.2 Å². The van der Waals surface area contributed by atoms with Crippen LogP contribution >= 0.6 is 0 Å². The maximum atomic E-state index is 12.4. The summed E-state index contributed by atoms with van der Waals surface area (Å²) >= 11 is 0. The summed E-state index contributed by atoms with van der Waals surface area (Å²) in [5.41, 5.74) is 3.35. The van der Waals surface area contributed by atoms with E-state index in [1.54, 1.807) is 19.2 Å². The van der Waals surface area contributed by atoms with Gasteiger partial charge in [-0.2, -0.15) is 0 Å². The summed E-state index contributed by atoms with van der Waals surface area (Å²) in [6.07, 6.45) is 2.93. The van der Waals surface area contributed by atoms with Gasteiger partial charge in [0, 0.05) is 24.5 Å². The van der Waals surface area contributed by atoms with Crippen LogP contribution < -0.4 is 20.1 Å². The first-order valence-corrected chi connectivity index (χ1v) is 11.7. The molecule has 9 nitrogen and oxygen atoms in total. The molecule has 1 amide bonds. The lowest BCUT2D eigenvalue weighted by Gasteiger charge is -2.17. The van der Waals surface area contributed by atoms with Crippen LogP contribution in [-0.2, 0) is 4.79 Å². The number of benzene rings is 2. The predicted octanol–water partition coefficient (Wildman–Crippen LogP) is 4.44. The molecule has 2 aromatic carbocycles. The highest BCUT2D eigenvalue weighted by atomic mass is 16.5. The van der Waals surface area contributed by atoms with Crippen LogP contribution in [-0.4, -0.2) is 45.2 Å². The van der Waals surface area contributed by atoms with Gasteiger partial charge in [-0.25, -0.2) is 9.97 Å². The Bertz CT molecular complexity index is 1340. The number of aromatic nitrogens is 3. The molecular formula is C27H29N5O4. The van der Waals surface area contributed by atoms with E-state index in [0.29, 0.717) is 41.2 Å². The number of pyridine rings is 1. The Morgan fingerprint density at radius 2 is 1.92 bits per heavy atom. The van der Waals surface area contributed by atoms with Gasteiger partial charge in [0.25, 0.3) is 5.91 Å². The lowest BCUT2D eigenvalue weighted by molar-refractivity contribution is -0.127. The highest BCUT2D eigenvalue weighted by Gasteiger charge is 2.18. The lowest BCUT2D eigenvalue weighted by Crippen LogP contribution is -2.37. The number of hydrogen-bond donors (Lipinski definition) is 3. The summed E-state index contributed by atoms with van der Waals surface area (Å²) in [5.74, 6) is 2.18. The van der Waals surface area contributed by atoms with Crippen molar-refractivity contribution >= 4 is 28.3 Å². The fraction of sp³-hybridized carbons (Fsp3) is 0.259. The summed E-state index contributed by atoms with van der Waals surface area (Å²) in [4.78, 5) is 25.4. The fourth-order valence-corrected chi connectivity index (χ4v) is 3.57. The molecule has 186 valence electrons. The summed E-state index contributed by atoms with van der Waals surface area (Å²) in [5, 5.41) is 15.7. The van der Waals surface area contributed by atoms with E-state index < -0.39 is 6.10 Å². The number of aliphatic hydroxyl groups is 1. The number of ether oxygens (including phenoxy) is 2. The molecule has 0 saturated heterocycles. The Hall–Kier alpha value is -4.24. The van der Waals surface area contributed by atoms with E-state index >= 15 is 0 Å². The highest BCUT2D eigenvalue weighted by molar-refractivity contribution is 5.96. The zero-order valence-electron chi connectivity index (χ0n) is 20.5. The monoisotopic (exact) mass is 487 g/mol. The number of aryl methyl sites for hydroxylation is 2. The number of rotatable bonds is 10. The number of carbonyl (C=O) groups is 1. The van der Waals surface area contributed by atoms with E-state index in [1.807, 2.05) is 56.3 Å². The van der Waals surface area contributed by atoms with Crippen molar-refractivity contribution in [1.29, 1.82) is 0 Å². The number of aliphatic hydroxyl groups excluding tert-OH is 1. The normalized spacial score (nSPS) is 11.7. The third kappa shape index (κ3) is 6.05. The van der Waals surface area contributed by atoms with Gasteiger partial charge in [-0.15, -0.1) is 0 Å². The van der Waals surface area contributed by atoms with Gasteiger partial charge in [0.15, 0.2) is 6.10 Å². The molecule has 0 unspecified atom stereocenters. The van der Waals surface area contributed by atoms with Crippen LogP contribution in [0.4, 0.5) is 11.5 Å². The van der Waals surface area contributed by atoms with Gasteiger partial charge in [-0.05, 0) is 75.2 Å². The van der Waals surface area contributed by atoms with Crippen molar-refractivity contribution in [2.45, 2.75) is 33.3 Å². The van der Waals surface area contributed by atoms with Gasteiger partial charge in [0.1, 0.15) is 29.4 Å². The number of carbonyl (C=O) groups excluding carboxylic acids is 1. The minimum Gasteiger partial charge on any atom is -0.480 e. The standard InChI is InChI=1S/C27H29N5O4/c1-17-14-20(9-11-23(17)36-21-10-8-18(2)29-15-21)32-26-25-22(30-16-31-26)6-4-7-24(25)35-19(3)27(34)28-12-5-13-33/h4,6-11,14-16,19,33H,5,12-13H2,1-3H3,(H,28,34)(H,30,31,32)/t19-/m1/s1. The van der Waals surface area contributed by atoms with Crippen molar-refractivity contribution in [2.24, 2.45) is 0 Å². The largest absolute Gasteiger partial charge is 0.480 e. The average molecular weight is 488 g/mol. The molecule has 0 bridgehead atoms. The molecule has 0 fully saturated rings. The van der Waals surface area contributed by atoms with Gasteiger partial charge in [0.05, 0.1) is 17.1 Å². The Balaban J connectivity index is 1.55. The molecule has 36 heavy (non-hydrogen) atoms. The number of nitrogens with zero attached hydrogens (tertiary/aromatic N) is 3. The second kappa shape index (κ2) is 11.5. The first-order valence-electron chi connectivity index (χ1n) is 11.7. The molecule has 0 spiro atoms. The van der Waals surface area contributed by atoms with Gasteiger partial charge in [-0.3, -0.25) is 9.78 Å². The molecule has 0 radical (unpaired) electrons. The first-order chi connectivity index (χ1) is 17.4. The minimum atomic E-state index is -0.739. The zero-order chi connectivity index (χ0) is 25.5. The lowest BCUT2D eigenvalue weighted by atomic mass is 10.1. The number of anilines is 2. The number of nitrogens with one attached hydrogen (secondary N) is 2. The topological polar surface area (TPSA) is 118 Å². The third-order valence-electron chi connectivity index (χ3n) is 5.48. The summed E-state index contributed by atoms with van der Waals surface area (Å²) < 4.78 is 12.0. The van der Waals surface area contributed by atoms with E-state index in [2.05, 4.69) is 25.6 Å². The van der Waals surface area contributed by atoms with Crippen molar-refractivity contribution in [1.82, 2.24) is 20.3 Å². The van der Waals surface area contributed by atoms with Crippen molar-refractivity contribution in [3.63, 3.8) is 0 Å². The van der Waals surface area contributed by atoms with E-state index in [1.165, 1.54) is 6.33 Å². The molecule has 2 aromatic heterocycles. The fourth-order valence-electron chi connectivity index (χ4n) is 3.57. The molecule has 0 aliphatic rings. The highest BCUT2D eigenvalue weighted by Crippen LogP contribution is 2.33. The van der Waals surface area contributed by atoms with Crippen LogP contribution in [0.3, 0.4) is 0 Å². The Morgan fingerprint density at radius 3 is 2.67 bits per heavy atom. The molecule has 3 N–H and O–H groups in total. The molecule has 9 heteroatoms. The summed E-state index contributed by atoms with van der Waals surface area (Å²) in [6.45, 7) is 5.97. The van der Waals surface area contributed by atoms with Crippen molar-refractivity contribution in [3.05, 3.63) is 72.3 Å². The van der Waals surface area contributed by atoms with Gasteiger partial charge >= 0.3 is 0 Å². The number of amides is 1. The zero-order valence-corrected chi connectivity index (χ0v) is 20.5.